The van der Waals surface area contributed by atoms with Gasteiger partial charge in [-0.3, -0.25) is 4.79 Å². The first-order valence-electron chi connectivity index (χ1n) is 5.81. The number of carbonyl (C=O) groups is 1. The van der Waals surface area contributed by atoms with Gasteiger partial charge < -0.3 is 10.6 Å². The molecule has 0 bridgehead atoms. The molecule has 19 heavy (non-hydrogen) atoms. The summed E-state index contributed by atoms with van der Waals surface area (Å²) in [5.74, 6) is -2.08. The predicted octanol–water partition coefficient (Wildman–Crippen LogP) is 1.54. The molecule has 0 aromatic heterocycles. The van der Waals surface area contributed by atoms with Gasteiger partial charge in [0.1, 0.15) is 5.69 Å². The quantitative estimate of drug-likeness (QED) is 0.881. The largest absolute Gasteiger partial charge is 0.369 e. The van der Waals surface area contributed by atoms with Crippen molar-refractivity contribution in [2.24, 2.45) is 11.1 Å². The van der Waals surface area contributed by atoms with E-state index >= 15 is 0 Å². The normalized spacial score (nSPS) is 22.3. The second kappa shape index (κ2) is 4.50. The van der Waals surface area contributed by atoms with Crippen LogP contribution in [0.1, 0.15) is 18.9 Å². The standard InChI is InChI=1S/C13H13F2N3O/c1-13(12(17)19)2-3-18(7-13)11-9(14)4-8(6-16)5-10(11)15/h4-5H,2-3,7H2,1H3,(H2,17,19). The molecule has 1 aliphatic heterocycles. The van der Waals surface area contributed by atoms with Gasteiger partial charge in [-0.2, -0.15) is 5.26 Å². The molecule has 1 unspecified atom stereocenters. The fourth-order valence-corrected chi connectivity index (χ4v) is 2.29. The minimum absolute atomic E-state index is 0.0735. The molecule has 0 aliphatic carbocycles. The van der Waals surface area contributed by atoms with Crippen LogP contribution >= 0.6 is 0 Å². The molecule has 1 aliphatic rings. The molecule has 1 amide bonds. The summed E-state index contributed by atoms with van der Waals surface area (Å²) in [6.45, 7) is 2.19. The summed E-state index contributed by atoms with van der Waals surface area (Å²) in [4.78, 5) is 12.8. The molecule has 0 spiro atoms. The molecule has 2 rings (SSSR count). The van der Waals surface area contributed by atoms with Gasteiger partial charge in [0.05, 0.1) is 17.0 Å². The minimum atomic E-state index is -0.801. The zero-order valence-corrected chi connectivity index (χ0v) is 10.4. The maximum absolute atomic E-state index is 13.9. The number of nitrogens with two attached hydrogens (primary N) is 1. The van der Waals surface area contributed by atoms with Crippen molar-refractivity contribution in [2.75, 3.05) is 18.0 Å². The molecular formula is C13H13F2N3O. The molecule has 100 valence electrons. The third kappa shape index (κ3) is 2.24. The molecule has 1 saturated heterocycles. The van der Waals surface area contributed by atoms with E-state index in [0.29, 0.717) is 13.0 Å². The van der Waals surface area contributed by atoms with Crippen LogP contribution in [0.4, 0.5) is 14.5 Å². The van der Waals surface area contributed by atoms with Crippen LogP contribution in [-0.2, 0) is 4.79 Å². The maximum atomic E-state index is 13.9. The average Bonchev–Trinajstić information content (AvgIpc) is 2.72. The second-order valence-electron chi connectivity index (χ2n) is 5.00. The van der Waals surface area contributed by atoms with Crippen molar-refractivity contribution in [3.8, 4) is 6.07 Å². The van der Waals surface area contributed by atoms with Crippen LogP contribution in [0.25, 0.3) is 0 Å². The van der Waals surface area contributed by atoms with Crippen molar-refractivity contribution in [1.82, 2.24) is 0 Å². The Kier molecular flexibility index (Phi) is 3.14. The summed E-state index contributed by atoms with van der Waals surface area (Å²) in [7, 11) is 0. The Morgan fingerprint density at radius 2 is 2.05 bits per heavy atom. The highest BCUT2D eigenvalue weighted by Crippen LogP contribution is 2.35. The molecule has 4 nitrogen and oxygen atoms in total. The van der Waals surface area contributed by atoms with Gasteiger partial charge >= 0.3 is 0 Å². The molecule has 1 fully saturated rings. The Bertz CT molecular complexity index is 559. The number of hydrogen-bond acceptors (Lipinski definition) is 3. The van der Waals surface area contributed by atoms with Crippen molar-refractivity contribution in [2.45, 2.75) is 13.3 Å². The van der Waals surface area contributed by atoms with Gasteiger partial charge in [-0.25, -0.2) is 8.78 Å². The van der Waals surface area contributed by atoms with Crippen molar-refractivity contribution in [3.05, 3.63) is 29.3 Å². The summed E-state index contributed by atoms with van der Waals surface area (Å²) in [6, 6.07) is 3.66. The Balaban J connectivity index is 2.35. The van der Waals surface area contributed by atoms with Gasteiger partial charge in [-0.15, -0.1) is 0 Å². The van der Waals surface area contributed by atoms with E-state index in [1.54, 1.807) is 13.0 Å². The number of halogens is 2. The lowest BCUT2D eigenvalue weighted by molar-refractivity contribution is -0.125. The first-order chi connectivity index (χ1) is 8.87. The number of primary amides is 1. The first-order valence-corrected chi connectivity index (χ1v) is 5.81. The first kappa shape index (κ1) is 13.3. The monoisotopic (exact) mass is 265 g/mol. The van der Waals surface area contributed by atoms with E-state index in [0.717, 1.165) is 12.1 Å². The zero-order chi connectivity index (χ0) is 14.2. The van der Waals surface area contributed by atoms with Gasteiger partial charge in [0.25, 0.3) is 0 Å². The lowest BCUT2D eigenvalue weighted by atomic mass is 9.89. The van der Waals surface area contributed by atoms with Crippen LogP contribution in [0, 0.1) is 28.4 Å². The van der Waals surface area contributed by atoms with Gasteiger partial charge in [0.2, 0.25) is 5.91 Å². The fraction of sp³-hybridized carbons (Fsp3) is 0.385. The number of hydrogen-bond donors (Lipinski definition) is 1. The Hall–Kier alpha value is -2.16. The Labute approximate surface area is 109 Å². The molecule has 2 N–H and O–H groups in total. The molecule has 1 heterocycles. The SMILES string of the molecule is CC1(C(N)=O)CCN(c2c(F)cc(C#N)cc2F)C1. The van der Waals surface area contributed by atoms with Crippen LogP contribution in [0.3, 0.4) is 0 Å². The van der Waals surface area contributed by atoms with Crippen LogP contribution in [0.2, 0.25) is 0 Å². The lowest BCUT2D eigenvalue weighted by Crippen LogP contribution is -2.37. The number of benzene rings is 1. The van der Waals surface area contributed by atoms with E-state index in [-0.39, 0.29) is 17.8 Å². The number of anilines is 1. The van der Waals surface area contributed by atoms with Crippen molar-refractivity contribution in [1.29, 1.82) is 5.26 Å². The molecule has 1 aromatic rings. The van der Waals surface area contributed by atoms with Gasteiger partial charge in [-0.05, 0) is 25.5 Å². The van der Waals surface area contributed by atoms with Crippen LogP contribution < -0.4 is 10.6 Å². The topological polar surface area (TPSA) is 70.1 Å². The second-order valence-corrected chi connectivity index (χ2v) is 5.00. The Morgan fingerprint density at radius 1 is 1.47 bits per heavy atom. The zero-order valence-electron chi connectivity index (χ0n) is 10.4. The molecule has 1 atom stereocenters. The smallest absolute Gasteiger partial charge is 0.225 e. The van der Waals surface area contributed by atoms with E-state index in [1.807, 2.05) is 0 Å². The number of carbonyl (C=O) groups excluding carboxylic acids is 1. The Morgan fingerprint density at radius 3 is 2.47 bits per heavy atom. The summed E-state index contributed by atoms with van der Waals surface area (Å²) in [5.41, 5.74) is 4.23. The van der Waals surface area contributed by atoms with Crippen molar-refractivity contribution >= 4 is 11.6 Å². The molecule has 6 heteroatoms. The fourth-order valence-electron chi connectivity index (χ4n) is 2.29. The van der Waals surface area contributed by atoms with Crippen LogP contribution in [0.5, 0.6) is 0 Å². The number of nitrogens with zero attached hydrogens (tertiary/aromatic N) is 2. The van der Waals surface area contributed by atoms with Gasteiger partial charge in [0, 0.05) is 13.1 Å². The average molecular weight is 265 g/mol. The van der Waals surface area contributed by atoms with E-state index in [9.17, 15) is 13.6 Å². The van der Waals surface area contributed by atoms with E-state index in [1.165, 1.54) is 4.90 Å². The van der Waals surface area contributed by atoms with E-state index < -0.39 is 23.0 Å². The maximum Gasteiger partial charge on any atom is 0.225 e. The van der Waals surface area contributed by atoms with Gasteiger partial charge in [0.15, 0.2) is 11.6 Å². The number of rotatable bonds is 2. The highest BCUT2D eigenvalue weighted by atomic mass is 19.1. The third-order valence-corrected chi connectivity index (χ3v) is 3.53. The summed E-state index contributed by atoms with van der Waals surface area (Å²) in [6.07, 6.45) is 0.446. The van der Waals surface area contributed by atoms with Crippen LogP contribution in [-0.4, -0.2) is 19.0 Å². The summed E-state index contributed by atoms with van der Waals surface area (Å²) < 4.78 is 27.7. The highest BCUT2D eigenvalue weighted by molar-refractivity contribution is 5.82. The third-order valence-electron chi connectivity index (χ3n) is 3.53. The highest BCUT2D eigenvalue weighted by Gasteiger charge is 2.40. The molecule has 0 saturated carbocycles. The summed E-state index contributed by atoms with van der Waals surface area (Å²) >= 11 is 0. The predicted molar refractivity (Wildman–Crippen MR) is 65.2 cm³/mol. The van der Waals surface area contributed by atoms with Crippen LogP contribution in [0.15, 0.2) is 12.1 Å². The molecule has 1 aromatic carbocycles. The molecular weight excluding hydrogens is 252 g/mol. The number of amides is 1. The molecule has 0 radical (unpaired) electrons. The minimum Gasteiger partial charge on any atom is -0.369 e. The van der Waals surface area contributed by atoms with Crippen molar-refractivity contribution < 1.29 is 13.6 Å². The number of nitriles is 1. The van der Waals surface area contributed by atoms with E-state index in [2.05, 4.69) is 0 Å². The lowest BCUT2D eigenvalue weighted by Gasteiger charge is -2.23. The van der Waals surface area contributed by atoms with E-state index in [4.69, 9.17) is 11.0 Å². The van der Waals surface area contributed by atoms with Gasteiger partial charge in [-0.1, -0.05) is 0 Å². The van der Waals surface area contributed by atoms with Crippen molar-refractivity contribution in [3.63, 3.8) is 0 Å². The summed E-state index contributed by atoms with van der Waals surface area (Å²) in [5, 5.41) is 8.64.